The molecule has 5 nitrogen and oxygen atoms in total. The predicted octanol–water partition coefficient (Wildman–Crippen LogP) is 5.32. The van der Waals surface area contributed by atoms with E-state index in [0.717, 1.165) is 46.4 Å². The molecule has 0 saturated heterocycles. The fourth-order valence-corrected chi connectivity index (χ4v) is 5.39. The van der Waals surface area contributed by atoms with Crippen LogP contribution >= 0.6 is 0 Å². The zero-order valence-electron chi connectivity index (χ0n) is 17.6. The lowest BCUT2D eigenvalue weighted by Crippen LogP contribution is -2.51. The minimum Gasteiger partial charge on any atom is -0.362 e. The van der Waals surface area contributed by atoms with Gasteiger partial charge in [-0.2, -0.15) is 10.2 Å². The van der Waals surface area contributed by atoms with Crippen LogP contribution < -0.4 is 5.32 Å². The molecule has 152 valence electrons. The first-order chi connectivity index (χ1) is 14.4. The zero-order valence-corrected chi connectivity index (χ0v) is 17.6. The van der Waals surface area contributed by atoms with Gasteiger partial charge >= 0.3 is 0 Å². The van der Waals surface area contributed by atoms with Crippen molar-refractivity contribution in [3.05, 3.63) is 77.4 Å². The Balaban J connectivity index is 1.74. The third-order valence-electron chi connectivity index (χ3n) is 6.66. The zero-order chi connectivity index (χ0) is 20.9. The SMILES string of the molecule is CCC1(c2cccc(-c3cccnc3)c2)C2=CN=NC2NC2=C1C(=O)CC(C)(C)C2. The maximum atomic E-state index is 13.5. The Morgan fingerprint density at radius 1 is 1.13 bits per heavy atom. The summed E-state index contributed by atoms with van der Waals surface area (Å²) < 4.78 is 0. The maximum Gasteiger partial charge on any atom is 0.164 e. The normalized spacial score (nSPS) is 26.7. The summed E-state index contributed by atoms with van der Waals surface area (Å²) in [6.45, 7) is 6.49. The maximum absolute atomic E-state index is 13.5. The van der Waals surface area contributed by atoms with E-state index in [-0.39, 0.29) is 17.4 Å². The minimum atomic E-state index is -0.513. The molecule has 5 rings (SSSR count). The molecule has 0 radical (unpaired) electrons. The van der Waals surface area contributed by atoms with Crippen LogP contribution in [0.4, 0.5) is 0 Å². The number of carbonyl (C=O) groups excluding carboxylic acids is 1. The van der Waals surface area contributed by atoms with Crippen molar-refractivity contribution in [1.82, 2.24) is 10.3 Å². The molecule has 0 amide bonds. The van der Waals surface area contributed by atoms with E-state index in [1.807, 2.05) is 18.5 Å². The van der Waals surface area contributed by atoms with Crippen LogP contribution in [0.15, 0.2) is 82.1 Å². The summed E-state index contributed by atoms with van der Waals surface area (Å²) in [7, 11) is 0. The third kappa shape index (κ3) is 2.76. The number of carbonyl (C=O) groups is 1. The Labute approximate surface area is 177 Å². The number of hydrogen-bond donors (Lipinski definition) is 1. The highest BCUT2D eigenvalue weighted by Gasteiger charge is 2.52. The molecule has 3 heterocycles. The molecule has 2 aliphatic heterocycles. The average molecular weight is 399 g/mol. The predicted molar refractivity (Wildman–Crippen MR) is 117 cm³/mol. The number of fused-ring (bicyclic) bond motifs is 1. The first-order valence-corrected chi connectivity index (χ1v) is 10.6. The van der Waals surface area contributed by atoms with Gasteiger partial charge in [-0.3, -0.25) is 9.78 Å². The monoisotopic (exact) mass is 398 g/mol. The smallest absolute Gasteiger partial charge is 0.164 e. The molecular formula is C25H26N4O. The molecule has 1 aromatic heterocycles. The number of benzene rings is 1. The molecule has 0 bridgehead atoms. The molecule has 5 heteroatoms. The van der Waals surface area contributed by atoms with Crippen molar-refractivity contribution < 1.29 is 4.79 Å². The lowest BCUT2D eigenvalue weighted by Gasteiger charge is -2.47. The van der Waals surface area contributed by atoms with E-state index < -0.39 is 5.41 Å². The second-order valence-corrected chi connectivity index (χ2v) is 9.24. The van der Waals surface area contributed by atoms with Crippen LogP contribution in [0.1, 0.15) is 45.6 Å². The van der Waals surface area contributed by atoms with Crippen LogP contribution in [-0.2, 0) is 10.2 Å². The average Bonchev–Trinajstić information content (AvgIpc) is 3.21. The minimum absolute atomic E-state index is 0.0586. The van der Waals surface area contributed by atoms with Crippen molar-refractivity contribution in [2.75, 3.05) is 0 Å². The summed E-state index contributed by atoms with van der Waals surface area (Å²) >= 11 is 0. The van der Waals surface area contributed by atoms with Gasteiger partial charge in [0, 0.05) is 35.7 Å². The molecule has 3 aliphatic rings. The highest BCUT2D eigenvalue weighted by molar-refractivity contribution is 6.01. The second kappa shape index (κ2) is 6.73. The Morgan fingerprint density at radius 3 is 2.73 bits per heavy atom. The van der Waals surface area contributed by atoms with Gasteiger partial charge in [0.25, 0.3) is 0 Å². The van der Waals surface area contributed by atoms with Crippen molar-refractivity contribution in [2.24, 2.45) is 15.6 Å². The van der Waals surface area contributed by atoms with Crippen molar-refractivity contribution >= 4 is 5.78 Å². The van der Waals surface area contributed by atoms with Gasteiger partial charge in [0.2, 0.25) is 0 Å². The van der Waals surface area contributed by atoms with Gasteiger partial charge in [0.15, 0.2) is 11.9 Å². The van der Waals surface area contributed by atoms with Crippen LogP contribution in [-0.4, -0.2) is 16.9 Å². The van der Waals surface area contributed by atoms with Crippen molar-refractivity contribution in [3.8, 4) is 11.1 Å². The Morgan fingerprint density at radius 2 is 1.97 bits per heavy atom. The first kappa shape index (κ1) is 18.9. The number of rotatable bonds is 3. The summed E-state index contributed by atoms with van der Waals surface area (Å²) in [5.41, 5.74) is 5.72. The van der Waals surface area contributed by atoms with Gasteiger partial charge < -0.3 is 5.32 Å². The standard InChI is InChI=1S/C25H26N4O/c1-4-25(18-9-5-7-16(11-18)17-8-6-10-26-14-17)19-15-27-29-23(19)28-20-12-24(2,3)13-21(30)22(20)25/h5-11,14-15,23,28H,4,12-13H2,1-3H3. The molecular weight excluding hydrogens is 372 g/mol. The number of allylic oxidation sites excluding steroid dienone is 2. The van der Waals surface area contributed by atoms with E-state index >= 15 is 0 Å². The molecule has 2 unspecified atom stereocenters. The van der Waals surface area contributed by atoms with Crippen LogP contribution in [0, 0.1) is 5.41 Å². The Kier molecular flexibility index (Phi) is 4.24. The van der Waals surface area contributed by atoms with Gasteiger partial charge in [-0.25, -0.2) is 0 Å². The molecule has 1 N–H and O–H groups in total. The number of aromatic nitrogens is 1. The number of hydrogen-bond acceptors (Lipinski definition) is 5. The molecule has 1 aromatic carbocycles. The van der Waals surface area contributed by atoms with Gasteiger partial charge in [-0.1, -0.05) is 45.0 Å². The summed E-state index contributed by atoms with van der Waals surface area (Å²) in [6, 6.07) is 12.5. The quantitative estimate of drug-likeness (QED) is 0.761. The molecule has 0 fully saturated rings. The Hall–Kier alpha value is -3.08. The second-order valence-electron chi connectivity index (χ2n) is 9.24. The lowest BCUT2D eigenvalue weighted by molar-refractivity contribution is -0.119. The topological polar surface area (TPSA) is 66.7 Å². The van der Waals surface area contributed by atoms with Crippen molar-refractivity contribution in [2.45, 2.75) is 51.6 Å². The summed E-state index contributed by atoms with van der Waals surface area (Å²) in [4.78, 5) is 17.8. The van der Waals surface area contributed by atoms with Crippen LogP contribution in [0.2, 0.25) is 0 Å². The van der Waals surface area contributed by atoms with E-state index in [9.17, 15) is 4.79 Å². The molecule has 2 atom stereocenters. The number of nitrogens with zero attached hydrogens (tertiary/aromatic N) is 3. The van der Waals surface area contributed by atoms with Gasteiger partial charge in [0.05, 0.1) is 11.6 Å². The number of azo groups is 1. The van der Waals surface area contributed by atoms with E-state index in [1.54, 1.807) is 6.20 Å². The largest absolute Gasteiger partial charge is 0.362 e. The number of pyridine rings is 1. The number of nitrogens with one attached hydrogen (secondary N) is 1. The highest BCUT2D eigenvalue weighted by atomic mass is 16.1. The highest BCUT2D eigenvalue weighted by Crippen LogP contribution is 2.53. The molecule has 30 heavy (non-hydrogen) atoms. The first-order valence-electron chi connectivity index (χ1n) is 10.6. The molecule has 2 aromatic rings. The summed E-state index contributed by atoms with van der Waals surface area (Å²) in [5.74, 6) is 0.230. The van der Waals surface area contributed by atoms with E-state index in [2.05, 4.69) is 71.6 Å². The fraction of sp³-hybridized carbons (Fsp3) is 0.360. The van der Waals surface area contributed by atoms with Crippen molar-refractivity contribution in [1.29, 1.82) is 0 Å². The van der Waals surface area contributed by atoms with Crippen molar-refractivity contribution in [3.63, 3.8) is 0 Å². The Bertz CT molecular complexity index is 1110. The van der Waals surface area contributed by atoms with Gasteiger partial charge in [-0.05, 0) is 47.1 Å². The lowest BCUT2D eigenvalue weighted by atomic mass is 9.58. The molecule has 0 spiro atoms. The van der Waals surface area contributed by atoms with E-state index in [4.69, 9.17) is 0 Å². The van der Waals surface area contributed by atoms with Crippen LogP contribution in [0.5, 0.6) is 0 Å². The summed E-state index contributed by atoms with van der Waals surface area (Å²) in [6.07, 6.45) is 7.50. The number of ketones is 1. The van der Waals surface area contributed by atoms with E-state index in [0.29, 0.717) is 6.42 Å². The molecule has 0 saturated carbocycles. The summed E-state index contributed by atoms with van der Waals surface area (Å²) in [5, 5.41) is 12.2. The molecule has 1 aliphatic carbocycles. The third-order valence-corrected chi connectivity index (χ3v) is 6.66. The fourth-order valence-electron chi connectivity index (χ4n) is 5.39. The van der Waals surface area contributed by atoms with Gasteiger partial charge in [-0.15, -0.1) is 0 Å². The van der Waals surface area contributed by atoms with Crippen LogP contribution in [0.25, 0.3) is 11.1 Å². The van der Waals surface area contributed by atoms with Gasteiger partial charge in [0.1, 0.15) is 0 Å². The van der Waals surface area contributed by atoms with E-state index in [1.165, 1.54) is 0 Å². The van der Waals surface area contributed by atoms with Crippen LogP contribution in [0.3, 0.4) is 0 Å². The number of Topliss-reactive ketones (excluding diaryl/α,β-unsaturated/α-hetero) is 1.